The molecule has 8 heteroatoms. The second kappa shape index (κ2) is 5.76. The highest BCUT2D eigenvalue weighted by atomic mass is 35.5. The molecule has 2 aromatic carbocycles. The average molecular weight is 331 g/mol. The first-order chi connectivity index (χ1) is 10.2. The zero-order valence-electron chi connectivity index (χ0n) is 10.7. The van der Waals surface area contributed by atoms with E-state index in [4.69, 9.17) is 11.6 Å². The molecule has 3 N–H and O–H groups in total. The molecule has 0 fully saturated rings. The van der Waals surface area contributed by atoms with Crippen LogP contribution < -0.4 is 5.32 Å². The number of amides is 1. The maximum Gasteiger partial charge on any atom is 0.416 e. The van der Waals surface area contributed by atoms with E-state index in [9.17, 15) is 28.2 Å². The minimum Gasteiger partial charge on any atom is -0.504 e. The van der Waals surface area contributed by atoms with Gasteiger partial charge in [-0.15, -0.1) is 0 Å². The molecular weight excluding hydrogens is 323 g/mol. The summed E-state index contributed by atoms with van der Waals surface area (Å²) in [5.41, 5.74) is -1.61. The van der Waals surface area contributed by atoms with Gasteiger partial charge < -0.3 is 15.5 Å². The van der Waals surface area contributed by atoms with E-state index >= 15 is 0 Å². The van der Waals surface area contributed by atoms with Gasteiger partial charge in [-0.25, -0.2) is 0 Å². The Kier molecular flexibility index (Phi) is 4.18. The third-order valence-electron chi connectivity index (χ3n) is 2.73. The molecule has 0 atom stereocenters. The van der Waals surface area contributed by atoms with Crippen molar-refractivity contribution in [3.8, 4) is 11.5 Å². The summed E-state index contributed by atoms with van der Waals surface area (Å²) in [4.78, 5) is 12.0. The van der Waals surface area contributed by atoms with Crippen LogP contribution in [0.4, 0.5) is 18.9 Å². The van der Waals surface area contributed by atoms with Crippen molar-refractivity contribution in [3.05, 3.63) is 52.5 Å². The van der Waals surface area contributed by atoms with Gasteiger partial charge in [0.15, 0.2) is 11.5 Å². The third-order valence-corrected chi connectivity index (χ3v) is 3.06. The van der Waals surface area contributed by atoms with Crippen LogP contribution in [0.1, 0.15) is 15.9 Å². The molecule has 115 valence electrons. The minimum atomic E-state index is -4.59. The highest BCUT2D eigenvalue weighted by molar-refractivity contribution is 6.34. The Morgan fingerprint density at radius 3 is 2.55 bits per heavy atom. The maximum atomic E-state index is 12.6. The summed E-state index contributed by atoms with van der Waals surface area (Å²) in [5, 5.41) is 20.9. The van der Waals surface area contributed by atoms with Gasteiger partial charge in [-0.2, -0.15) is 13.2 Å². The molecular formula is C14H8ClF3NO3. The first-order valence-corrected chi connectivity index (χ1v) is 6.18. The molecule has 0 aliphatic rings. The largest absolute Gasteiger partial charge is 0.504 e. The molecule has 22 heavy (non-hydrogen) atoms. The monoisotopic (exact) mass is 330 g/mol. The molecule has 0 unspecified atom stereocenters. The van der Waals surface area contributed by atoms with Crippen molar-refractivity contribution in [1.29, 1.82) is 0 Å². The van der Waals surface area contributed by atoms with Crippen LogP contribution >= 0.6 is 11.6 Å². The van der Waals surface area contributed by atoms with Gasteiger partial charge in [-0.3, -0.25) is 4.79 Å². The molecule has 0 spiro atoms. The van der Waals surface area contributed by atoms with Gasteiger partial charge in [0.1, 0.15) is 0 Å². The molecule has 0 bridgehead atoms. The van der Waals surface area contributed by atoms with Gasteiger partial charge in [0, 0.05) is 0 Å². The number of phenolic OH excluding ortho intramolecular Hbond substituents is 2. The lowest BCUT2D eigenvalue weighted by molar-refractivity contribution is -0.137. The highest BCUT2D eigenvalue weighted by Gasteiger charge is 2.31. The van der Waals surface area contributed by atoms with Crippen molar-refractivity contribution >= 4 is 23.2 Å². The fourth-order valence-corrected chi connectivity index (χ4v) is 1.80. The summed E-state index contributed by atoms with van der Waals surface area (Å²) >= 11 is 5.75. The fraction of sp³-hybridized carbons (Fsp3) is 0.0714. The van der Waals surface area contributed by atoms with Crippen LogP contribution in [0.2, 0.25) is 5.02 Å². The number of halogens is 4. The Bertz CT molecular complexity index is 732. The van der Waals surface area contributed by atoms with E-state index in [2.05, 4.69) is 11.4 Å². The van der Waals surface area contributed by atoms with E-state index in [1.165, 1.54) is 0 Å². The molecule has 0 heterocycles. The lowest BCUT2D eigenvalue weighted by atomic mass is 10.1. The SMILES string of the molecule is O=C(Nc1cc(C(F)(F)F)ccc1Cl)c1c[c]cc(O)c1O. The molecule has 1 amide bonds. The minimum absolute atomic E-state index is 0.107. The molecule has 0 aliphatic carbocycles. The summed E-state index contributed by atoms with van der Waals surface area (Å²) < 4.78 is 37.9. The Morgan fingerprint density at radius 2 is 1.91 bits per heavy atom. The predicted octanol–water partition coefficient (Wildman–Crippen LogP) is 3.82. The van der Waals surface area contributed by atoms with Crippen LogP contribution in [0.25, 0.3) is 0 Å². The van der Waals surface area contributed by atoms with Crippen LogP contribution in [0.3, 0.4) is 0 Å². The number of benzene rings is 2. The summed E-state index contributed by atoms with van der Waals surface area (Å²) in [7, 11) is 0. The standard InChI is InChI=1S/C14H8ClF3NO3/c15-9-5-4-7(14(16,17)18)6-10(9)19-13(22)8-2-1-3-11(20)12(8)21/h2-6,20-21H,(H,19,22). The van der Waals surface area contributed by atoms with Crippen LogP contribution in [-0.2, 0) is 6.18 Å². The summed E-state index contributed by atoms with van der Waals surface area (Å²) in [5.74, 6) is -2.23. The average Bonchev–Trinajstić information content (AvgIpc) is 2.43. The summed E-state index contributed by atoms with van der Waals surface area (Å²) in [6.07, 6.45) is -4.59. The molecule has 0 saturated carbocycles. The number of hydrogen-bond acceptors (Lipinski definition) is 3. The number of nitrogens with one attached hydrogen (secondary N) is 1. The summed E-state index contributed by atoms with van der Waals surface area (Å²) in [6, 6.07) is 6.95. The zero-order valence-corrected chi connectivity index (χ0v) is 11.5. The topological polar surface area (TPSA) is 69.6 Å². The highest BCUT2D eigenvalue weighted by Crippen LogP contribution is 2.34. The molecule has 0 aliphatic heterocycles. The third kappa shape index (κ3) is 3.25. The zero-order chi connectivity index (χ0) is 16.5. The van der Waals surface area contributed by atoms with Crippen molar-refractivity contribution in [2.45, 2.75) is 6.18 Å². The molecule has 0 saturated heterocycles. The number of anilines is 1. The number of alkyl halides is 3. The number of carbonyl (C=O) groups excluding carboxylic acids is 1. The van der Waals surface area contributed by atoms with Crippen LogP contribution in [0.15, 0.2) is 30.3 Å². The second-order valence-electron chi connectivity index (χ2n) is 4.25. The number of hydrogen-bond donors (Lipinski definition) is 3. The first-order valence-electron chi connectivity index (χ1n) is 5.80. The van der Waals surface area contributed by atoms with Crippen molar-refractivity contribution < 1.29 is 28.2 Å². The van der Waals surface area contributed by atoms with E-state index in [-0.39, 0.29) is 16.3 Å². The molecule has 2 rings (SSSR count). The second-order valence-corrected chi connectivity index (χ2v) is 4.66. The van der Waals surface area contributed by atoms with Crippen molar-refractivity contribution in [3.63, 3.8) is 0 Å². The van der Waals surface area contributed by atoms with Crippen molar-refractivity contribution in [2.24, 2.45) is 0 Å². The molecule has 4 nitrogen and oxygen atoms in total. The first kappa shape index (κ1) is 16.0. The van der Waals surface area contributed by atoms with E-state index in [1.54, 1.807) is 0 Å². The Labute approximate surface area is 127 Å². The number of aromatic hydroxyl groups is 2. The van der Waals surface area contributed by atoms with Gasteiger partial charge in [-0.1, -0.05) is 11.6 Å². The van der Waals surface area contributed by atoms with E-state index in [0.29, 0.717) is 6.07 Å². The predicted molar refractivity (Wildman–Crippen MR) is 73.0 cm³/mol. The fourth-order valence-electron chi connectivity index (χ4n) is 1.64. The summed E-state index contributed by atoms with van der Waals surface area (Å²) in [6.45, 7) is 0. The van der Waals surface area contributed by atoms with Gasteiger partial charge in [-0.05, 0) is 36.4 Å². The quantitative estimate of drug-likeness (QED) is 0.733. The Balaban J connectivity index is 2.34. The van der Waals surface area contributed by atoms with Crippen LogP contribution in [0.5, 0.6) is 11.5 Å². The van der Waals surface area contributed by atoms with E-state index in [1.807, 2.05) is 0 Å². The van der Waals surface area contributed by atoms with E-state index < -0.39 is 29.1 Å². The molecule has 1 radical (unpaired) electrons. The van der Waals surface area contributed by atoms with Crippen LogP contribution in [-0.4, -0.2) is 16.1 Å². The lowest BCUT2D eigenvalue weighted by Gasteiger charge is -2.12. The normalized spacial score (nSPS) is 11.3. The Hall–Kier alpha value is -2.41. The number of phenols is 2. The Morgan fingerprint density at radius 1 is 1.23 bits per heavy atom. The van der Waals surface area contributed by atoms with Gasteiger partial charge in [0.2, 0.25) is 0 Å². The lowest BCUT2D eigenvalue weighted by Crippen LogP contribution is -2.14. The number of carbonyl (C=O) groups is 1. The van der Waals surface area contributed by atoms with Gasteiger partial charge >= 0.3 is 6.18 Å². The number of rotatable bonds is 2. The molecule has 0 aromatic heterocycles. The van der Waals surface area contributed by atoms with E-state index in [0.717, 1.165) is 24.3 Å². The van der Waals surface area contributed by atoms with Crippen LogP contribution in [0, 0.1) is 6.07 Å². The smallest absolute Gasteiger partial charge is 0.416 e. The van der Waals surface area contributed by atoms with Gasteiger partial charge in [0.05, 0.1) is 21.8 Å². The van der Waals surface area contributed by atoms with Gasteiger partial charge in [0.25, 0.3) is 5.91 Å². The maximum absolute atomic E-state index is 12.6. The van der Waals surface area contributed by atoms with Crippen molar-refractivity contribution in [2.75, 3.05) is 5.32 Å². The van der Waals surface area contributed by atoms with Crippen molar-refractivity contribution in [1.82, 2.24) is 0 Å². The molecule has 2 aromatic rings.